The van der Waals surface area contributed by atoms with E-state index in [2.05, 4.69) is 34.8 Å². The highest BCUT2D eigenvalue weighted by molar-refractivity contribution is 9.10. The van der Waals surface area contributed by atoms with Gasteiger partial charge < -0.3 is 4.90 Å². The van der Waals surface area contributed by atoms with E-state index in [1.54, 1.807) is 0 Å². The minimum Gasteiger partial charge on any atom is -0.339 e. The maximum atomic E-state index is 12.0. The minimum atomic E-state index is -0.00147. The highest BCUT2D eigenvalue weighted by Gasteiger charge is 2.28. The fourth-order valence-corrected chi connectivity index (χ4v) is 2.25. The van der Waals surface area contributed by atoms with Crippen LogP contribution in [0.25, 0.3) is 0 Å². The number of likely N-dealkylation sites (N-methyl/N-ethyl adjacent to an activating group) is 1. The molecule has 2 unspecified atom stereocenters. The van der Waals surface area contributed by atoms with Gasteiger partial charge in [-0.25, -0.2) is 0 Å². The zero-order valence-electron chi connectivity index (χ0n) is 9.87. The molecule has 4 heteroatoms. The predicted octanol–water partition coefficient (Wildman–Crippen LogP) is 1.71. The maximum absolute atomic E-state index is 12.0. The van der Waals surface area contributed by atoms with Crippen LogP contribution in [0.5, 0.6) is 0 Å². The van der Waals surface area contributed by atoms with Crippen molar-refractivity contribution in [3.63, 3.8) is 0 Å². The SMILES string of the molecule is CCC(Br)C(=O)N1CCN(C)C(CC)C1. The van der Waals surface area contributed by atoms with Crippen molar-refractivity contribution in [1.82, 2.24) is 9.80 Å². The Hall–Kier alpha value is -0.0900. The van der Waals surface area contributed by atoms with Crippen molar-refractivity contribution < 1.29 is 4.79 Å². The van der Waals surface area contributed by atoms with Gasteiger partial charge in [0.1, 0.15) is 0 Å². The number of alkyl halides is 1. The second-order valence-corrected chi connectivity index (χ2v) is 5.31. The van der Waals surface area contributed by atoms with Crippen molar-refractivity contribution >= 4 is 21.8 Å². The van der Waals surface area contributed by atoms with Crippen LogP contribution in [0.15, 0.2) is 0 Å². The summed E-state index contributed by atoms with van der Waals surface area (Å²) in [5.74, 6) is 0.254. The first-order chi connectivity index (χ1) is 7.10. The van der Waals surface area contributed by atoms with Gasteiger partial charge in [0.05, 0.1) is 4.83 Å². The molecule has 1 heterocycles. The number of piperazine rings is 1. The van der Waals surface area contributed by atoms with Gasteiger partial charge >= 0.3 is 0 Å². The van der Waals surface area contributed by atoms with E-state index in [1.165, 1.54) is 0 Å². The lowest BCUT2D eigenvalue weighted by Gasteiger charge is -2.39. The van der Waals surface area contributed by atoms with Crippen molar-refractivity contribution in [1.29, 1.82) is 0 Å². The normalized spacial score (nSPS) is 25.3. The van der Waals surface area contributed by atoms with Gasteiger partial charge in [0.2, 0.25) is 5.91 Å². The summed E-state index contributed by atoms with van der Waals surface area (Å²) in [4.78, 5) is 16.3. The number of halogens is 1. The van der Waals surface area contributed by atoms with Gasteiger partial charge in [-0.15, -0.1) is 0 Å². The zero-order chi connectivity index (χ0) is 11.4. The Morgan fingerprint density at radius 3 is 2.67 bits per heavy atom. The van der Waals surface area contributed by atoms with Crippen molar-refractivity contribution in [2.24, 2.45) is 0 Å². The van der Waals surface area contributed by atoms with Crippen LogP contribution in [0.3, 0.4) is 0 Å². The molecule has 0 radical (unpaired) electrons. The Morgan fingerprint density at radius 1 is 1.47 bits per heavy atom. The van der Waals surface area contributed by atoms with Crippen LogP contribution in [0.4, 0.5) is 0 Å². The third kappa shape index (κ3) is 3.18. The lowest BCUT2D eigenvalue weighted by atomic mass is 10.1. The quantitative estimate of drug-likeness (QED) is 0.733. The van der Waals surface area contributed by atoms with E-state index in [0.717, 1.165) is 32.5 Å². The van der Waals surface area contributed by atoms with Gasteiger partial charge in [0, 0.05) is 25.7 Å². The summed E-state index contributed by atoms with van der Waals surface area (Å²) in [5, 5.41) is 0. The first kappa shape index (κ1) is 13.0. The molecule has 0 saturated carbocycles. The molecule has 0 aromatic heterocycles. The molecule has 1 aliphatic heterocycles. The van der Waals surface area contributed by atoms with E-state index in [9.17, 15) is 4.79 Å². The molecule has 2 atom stereocenters. The molecule has 0 aliphatic carbocycles. The molecule has 0 bridgehead atoms. The topological polar surface area (TPSA) is 23.6 Å². The van der Waals surface area contributed by atoms with Crippen LogP contribution in [-0.4, -0.2) is 53.3 Å². The number of hydrogen-bond acceptors (Lipinski definition) is 2. The lowest BCUT2D eigenvalue weighted by molar-refractivity contribution is -0.133. The number of carbonyl (C=O) groups excluding carboxylic acids is 1. The molecule has 1 fully saturated rings. The molecule has 1 amide bonds. The van der Waals surface area contributed by atoms with Gasteiger partial charge in [-0.05, 0) is 19.9 Å². The molecule has 0 spiro atoms. The smallest absolute Gasteiger partial charge is 0.236 e. The first-order valence-electron chi connectivity index (χ1n) is 5.73. The molecule has 0 N–H and O–H groups in total. The van der Waals surface area contributed by atoms with Crippen molar-refractivity contribution in [3.05, 3.63) is 0 Å². The summed E-state index contributed by atoms with van der Waals surface area (Å²) >= 11 is 3.43. The highest BCUT2D eigenvalue weighted by Crippen LogP contribution is 2.15. The zero-order valence-corrected chi connectivity index (χ0v) is 11.5. The molecule has 88 valence electrons. The Morgan fingerprint density at radius 2 is 2.13 bits per heavy atom. The standard InChI is InChI=1S/C11H21BrN2O/c1-4-9-8-14(7-6-13(9)3)11(15)10(12)5-2/h9-10H,4-8H2,1-3H3. The Labute approximate surface area is 101 Å². The molecule has 1 rings (SSSR count). The monoisotopic (exact) mass is 276 g/mol. The predicted molar refractivity (Wildman–Crippen MR) is 66.3 cm³/mol. The molecule has 0 aromatic carbocycles. The summed E-state index contributed by atoms with van der Waals surface area (Å²) in [6.07, 6.45) is 1.97. The lowest BCUT2D eigenvalue weighted by Crippen LogP contribution is -2.54. The third-order valence-electron chi connectivity index (χ3n) is 3.19. The second-order valence-electron chi connectivity index (χ2n) is 4.20. The summed E-state index contributed by atoms with van der Waals surface area (Å²) in [7, 11) is 2.14. The minimum absolute atomic E-state index is 0.00147. The molecule has 0 aromatic rings. The Balaban J connectivity index is 2.54. The third-order valence-corrected chi connectivity index (χ3v) is 4.23. The largest absolute Gasteiger partial charge is 0.339 e. The second kappa shape index (κ2) is 5.85. The van der Waals surface area contributed by atoms with Gasteiger partial charge in [0.25, 0.3) is 0 Å². The number of carbonyl (C=O) groups is 1. The van der Waals surface area contributed by atoms with Crippen molar-refractivity contribution in [2.75, 3.05) is 26.7 Å². The molecule has 15 heavy (non-hydrogen) atoms. The van der Waals surface area contributed by atoms with E-state index < -0.39 is 0 Å². The summed E-state index contributed by atoms with van der Waals surface area (Å²) in [6.45, 7) is 6.96. The van der Waals surface area contributed by atoms with Crippen LogP contribution >= 0.6 is 15.9 Å². The summed E-state index contributed by atoms with van der Waals surface area (Å²) < 4.78 is 0. The fraction of sp³-hybridized carbons (Fsp3) is 0.909. The van der Waals surface area contributed by atoms with Crippen LogP contribution < -0.4 is 0 Å². The van der Waals surface area contributed by atoms with Crippen molar-refractivity contribution in [2.45, 2.75) is 37.6 Å². The Kier molecular flexibility index (Phi) is 5.06. The molecule has 1 saturated heterocycles. The number of nitrogens with zero attached hydrogens (tertiary/aromatic N) is 2. The molecule has 3 nitrogen and oxygen atoms in total. The first-order valence-corrected chi connectivity index (χ1v) is 6.64. The molecule has 1 aliphatic rings. The van der Waals surface area contributed by atoms with Crippen LogP contribution in [0.1, 0.15) is 26.7 Å². The number of amides is 1. The van der Waals surface area contributed by atoms with Gasteiger partial charge in [-0.3, -0.25) is 9.69 Å². The van der Waals surface area contributed by atoms with E-state index in [-0.39, 0.29) is 10.7 Å². The average molecular weight is 277 g/mol. The average Bonchev–Trinajstić information content (AvgIpc) is 2.27. The fourth-order valence-electron chi connectivity index (χ4n) is 1.96. The Bertz CT molecular complexity index is 223. The van der Waals surface area contributed by atoms with Crippen LogP contribution in [0.2, 0.25) is 0 Å². The van der Waals surface area contributed by atoms with Crippen molar-refractivity contribution in [3.8, 4) is 0 Å². The molecular formula is C11H21BrN2O. The molecular weight excluding hydrogens is 256 g/mol. The summed E-state index contributed by atoms with van der Waals surface area (Å²) in [5.41, 5.74) is 0. The van der Waals surface area contributed by atoms with Crippen LogP contribution in [-0.2, 0) is 4.79 Å². The van der Waals surface area contributed by atoms with E-state index >= 15 is 0 Å². The van der Waals surface area contributed by atoms with Gasteiger partial charge in [-0.2, -0.15) is 0 Å². The van der Waals surface area contributed by atoms with Crippen LogP contribution in [0, 0.1) is 0 Å². The van der Waals surface area contributed by atoms with E-state index in [4.69, 9.17) is 0 Å². The number of hydrogen-bond donors (Lipinski definition) is 0. The van der Waals surface area contributed by atoms with Gasteiger partial charge in [-0.1, -0.05) is 29.8 Å². The van der Waals surface area contributed by atoms with Gasteiger partial charge in [0.15, 0.2) is 0 Å². The summed E-state index contributed by atoms with van der Waals surface area (Å²) in [6, 6.07) is 0.527. The number of rotatable bonds is 3. The van der Waals surface area contributed by atoms with E-state index in [0.29, 0.717) is 6.04 Å². The maximum Gasteiger partial charge on any atom is 0.236 e. The highest BCUT2D eigenvalue weighted by atomic mass is 79.9. The van der Waals surface area contributed by atoms with E-state index in [1.807, 2.05) is 11.8 Å².